The fourth-order valence-electron chi connectivity index (χ4n) is 4.15. The normalized spacial score (nSPS) is 26.8. The molecule has 24 heavy (non-hydrogen) atoms. The molecule has 2 N–H and O–H groups in total. The van der Waals surface area contributed by atoms with Gasteiger partial charge in [0.15, 0.2) is 0 Å². The van der Waals surface area contributed by atoms with Crippen LogP contribution in [0.15, 0.2) is 22.7 Å². The number of amides is 1. The third-order valence-corrected chi connectivity index (χ3v) is 5.79. The lowest BCUT2D eigenvalue weighted by Gasteiger charge is -2.32. The van der Waals surface area contributed by atoms with Gasteiger partial charge < -0.3 is 10.4 Å². The van der Waals surface area contributed by atoms with E-state index in [-0.39, 0.29) is 18.5 Å². The molecule has 1 aromatic rings. The monoisotopic (exact) mass is 394 g/mol. The van der Waals surface area contributed by atoms with Gasteiger partial charge in [0, 0.05) is 16.2 Å². The van der Waals surface area contributed by atoms with E-state index >= 15 is 0 Å². The second kappa shape index (κ2) is 7.23. The molecule has 1 aromatic carbocycles. The van der Waals surface area contributed by atoms with E-state index in [0.717, 1.165) is 35.0 Å². The number of carboxylic acids is 1. The van der Waals surface area contributed by atoms with Crippen LogP contribution in [0, 0.1) is 12.8 Å². The van der Waals surface area contributed by atoms with E-state index in [4.69, 9.17) is 0 Å². The number of fused-ring (bicyclic) bond motifs is 1. The van der Waals surface area contributed by atoms with Crippen LogP contribution >= 0.6 is 15.9 Å². The van der Waals surface area contributed by atoms with Gasteiger partial charge in [-0.3, -0.25) is 14.5 Å². The second-order valence-electron chi connectivity index (χ2n) is 6.88. The molecule has 1 aliphatic carbocycles. The number of nitrogens with one attached hydrogen (secondary N) is 1. The van der Waals surface area contributed by atoms with Crippen LogP contribution < -0.4 is 5.32 Å². The molecule has 0 bridgehead atoms. The molecule has 3 atom stereocenters. The summed E-state index contributed by atoms with van der Waals surface area (Å²) in [7, 11) is 0. The van der Waals surface area contributed by atoms with Crippen molar-refractivity contribution < 1.29 is 14.7 Å². The maximum absolute atomic E-state index is 12.5. The van der Waals surface area contributed by atoms with Crippen LogP contribution in [0.1, 0.15) is 37.7 Å². The van der Waals surface area contributed by atoms with Crippen molar-refractivity contribution >= 4 is 33.5 Å². The van der Waals surface area contributed by atoms with Crippen molar-refractivity contribution in [3.63, 3.8) is 0 Å². The zero-order valence-electron chi connectivity index (χ0n) is 13.8. The molecule has 1 saturated carbocycles. The van der Waals surface area contributed by atoms with E-state index in [1.807, 2.05) is 30.0 Å². The molecular formula is C18H23BrN2O3. The van der Waals surface area contributed by atoms with E-state index in [1.165, 1.54) is 6.42 Å². The predicted molar refractivity (Wildman–Crippen MR) is 96.0 cm³/mol. The van der Waals surface area contributed by atoms with E-state index in [2.05, 4.69) is 21.2 Å². The minimum absolute atomic E-state index is 0.141. The zero-order chi connectivity index (χ0) is 17.3. The average molecular weight is 395 g/mol. The molecule has 0 spiro atoms. The standard InChI is InChI=1S/C18H23BrN2O3/c1-11-8-13(19)6-7-14(11)20-17(22)10-21-15-5-3-2-4-12(15)9-16(21)18(23)24/h6-8,12,15-16H,2-5,9-10H2,1H3,(H,20,22)(H,23,24). The number of likely N-dealkylation sites (tertiary alicyclic amines) is 1. The first kappa shape index (κ1) is 17.4. The molecule has 1 amide bonds. The molecular weight excluding hydrogens is 372 g/mol. The van der Waals surface area contributed by atoms with Crippen LogP contribution in [0.4, 0.5) is 5.69 Å². The number of hydrogen-bond acceptors (Lipinski definition) is 3. The maximum Gasteiger partial charge on any atom is 0.320 e. The summed E-state index contributed by atoms with van der Waals surface area (Å²) in [5.74, 6) is -0.531. The molecule has 0 radical (unpaired) electrons. The smallest absolute Gasteiger partial charge is 0.320 e. The predicted octanol–water partition coefficient (Wildman–Crippen LogP) is 3.41. The van der Waals surface area contributed by atoms with Crippen LogP contribution in [0.5, 0.6) is 0 Å². The van der Waals surface area contributed by atoms with E-state index < -0.39 is 12.0 Å². The lowest BCUT2D eigenvalue weighted by Crippen LogP contribution is -2.46. The fraction of sp³-hybridized carbons (Fsp3) is 0.556. The van der Waals surface area contributed by atoms with Gasteiger partial charge in [0.1, 0.15) is 6.04 Å². The van der Waals surface area contributed by atoms with Crippen molar-refractivity contribution in [2.45, 2.75) is 51.1 Å². The minimum atomic E-state index is -0.808. The van der Waals surface area contributed by atoms with Crippen molar-refractivity contribution in [1.82, 2.24) is 4.90 Å². The second-order valence-corrected chi connectivity index (χ2v) is 7.80. The number of rotatable bonds is 4. The van der Waals surface area contributed by atoms with Gasteiger partial charge >= 0.3 is 5.97 Å². The number of aryl methyl sites for hydroxylation is 1. The van der Waals surface area contributed by atoms with Gasteiger partial charge in [-0.2, -0.15) is 0 Å². The largest absolute Gasteiger partial charge is 0.480 e. The Morgan fingerprint density at radius 1 is 1.33 bits per heavy atom. The Hall–Kier alpha value is -1.40. The third-order valence-electron chi connectivity index (χ3n) is 5.30. The van der Waals surface area contributed by atoms with Crippen molar-refractivity contribution in [1.29, 1.82) is 0 Å². The highest BCUT2D eigenvalue weighted by Gasteiger charge is 2.45. The molecule has 1 saturated heterocycles. The molecule has 1 heterocycles. The molecule has 3 rings (SSSR count). The highest BCUT2D eigenvalue weighted by Crippen LogP contribution is 2.39. The molecule has 6 heteroatoms. The minimum Gasteiger partial charge on any atom is -0.480 e. The van der Waals surface area contributed by atoms with Gasteiger partial charge in [-0.05, 0) is 55.9 Å². The van der Waals surface area contributed by atoms with Crippen LogP contribution in [0.3, 0.4) is 0 Å². The van der Waals surface area contributed by atoms with Gasteiger partial charge in [0.05, 0.1) is 6.54 Å². The van der Waals surface area contributed by atoms with Gasteiger partial charge in [0.25, 0.3) is 0 Å². The van der Waals surface area contributed by atoms with Gasteiger partial charge in [-0.15, -0.1) is 0 Å². The number of carboxylic acid groups (broad SMARTS) is 1. The fourth-order valence-corrected chi connectivity index (χ4v) is 4.62. The topological polar surface area (TPSA) is 69.6 Å². The Balaban J connectivity index is 1.70. The number of halogens is 1. The molecule has 5 nitrogen and oxygen atoms in total. The average Bonchev–Trinajstić information content (AvgIpc) is 2.89. The Bertz CT molecular complexity index is 649. The van der Waals surface area contributed by atoms with Crippen molar-refractivity contribution in [3.05, 3.63) is 28.2 Å². The third kappa shape index (κ3) is 3.64. The number of carbonyl (C=O) groups is 2. The molecule has 2 fully saturated rings. The van der Waals surface area contributed by atoms with Crippen LogP contribution in [-0.2, 0) is 9.59 Å². The summed E-state index contributed by atoms with van der Waals surface area (Å²) in [4.78, 5) is 26.0. The number of benzene rings is 1. The molecule has 2 aliphatic rings. The van der Waals surface area contributed by atoms with E-state index in [0.29, 0.717) is 12.3 Å². The summed E-state index contributed by atoms with van der Waals surface area (Å²) < 4.78 is 0.966. The summed E-state index contributed by atoms with van der Waals surface area (Å²) in [5, 5.41) is 12.5. The molecule has 130 valence electrons. The maximum atomic E-state index is 12.5. The summed E-state index contributed by atoms with van der Waals surface area (Å²) in [6.45, 7) is 2.08. The SMILES string of the molecule is Cc1cc(Br)ccc1NC(=O)CN1C(C(=O)O)CC2CCCCC21. The number of hydrogen-bond donors (Lipinski definition) is 2. The quantitative estimate of drug-likeness (QED) is 0.820. The van der Waals surface area contributed by atoms with E-state index in [1.54, 1.807) is 0 Å². The Kier molecular flexibility index (Phi) is 5.25. The number of aliphatic carboxylic acids is 1. The Morgan fingerprint density at radius 3 is 2.79 bits per heavy atom. The van der Waals surface area contributed by atoms with Crippen molar-refractivity contribution in [2.24, 2.45) is 5.92 Å². The van der Waals surface area contributed by atoms with Gasteiger partial charge in [-0.1, -0.05) is 28.8 Å². The van der Waals surface area contributed by atoms with Crippen LogP contribution in [0.2, 0.25) is 0 Å². The summed E-state index contributed by atoms with van der Waals surface area (Å²) in [6.07, 6.45) is 5.05. The Morgan fingerprint density at radius 2 is 2.08 bits per heavy atom. The first-order valence-electron chi connectivity index (χ1n) is 8.50. The number of anilines is 1. The van der Waals surface area contributed by atoms with Crippen LogP contribution in [0.25, 0.3) is 0 Å². The van der Waals surface area contributed by atoms with Gasteiger partial charge in [-0.25, -0.2) is 0 Å². The zero-order valence-corrected chi connectivity index (χ0v) is 15.4. The van der Waals surface area contributed by atoms with Crippen molar-refractivity contribution in [2.75, 3.05) is 11.9 Å². The van der Waals surface area contributed by atoms with Crippen LogP contribution in [-0.4, -0.2) is 40.5 Å². The summed E-state index contributed by atoms with van der Waals surface area (Å²) in [6, 6.07) is 5.39. The molecule has 0 aromatic heterocycles. The summed E-state index contributed by atoms with van der Waals surface area (Å²) in [5.41, 5.74) is 1.75. The number of carbonyl (C=O) groups excluding carboxylic acids is 1. The lowest BCUT2D eigenvalue weighted by atomic mass is 9.85. The highest BCUT2D eigenvalue weighted by atomic mass is 79.9. The Labute approximate surface area is 150 Å². The first-order valence-corrected chi connectivity index (χ1v) is 9.29. The molecule has 3 unspecified atom stereocenters. The van der Waals surface area contributed by atoms with Crippen molar-refractivity contribution in [3.8, 4) is 0 Å². The first-order chi connectivity index (χ1) is 11.5. The molecule has 1 aliphatic heterocycles. The van der Waals surface area contributed by atoms with Gasteiger partial charge in [0.2, 0.25) is 5.91 Å². The van der Waals surface area contributed by atoms with E-state index in [9.17, 15) is 14.7 Å². The lowest BCUT2D eigenvalue weighted by molar-refractivity contribution is -0.143. The summed E-state index contributed by atoms with van der Waals surface area (Å²) >= 11 is 3.41. The number of nitrogens with zero attached hydrogens (tertiary/aromatic N) is 1. The highest BCUT2D eigenvalue weighted by molar-refractivity contribution is 9.10.